The Bertz CT molecular complexity index is 1070. The molecule has 140 valence electrons. The molecule has 0 saturated carbocycles. The van der Waals surface area contributed by atoms with E-state index in [9.17, 15) is 0 Å². The first-order valence-electron chi connectivity index (χ1n) is 9.52. The van der Waals surface area contributed by atoms with E-state index in [1.807, 2.05) is 37.0 Å². The van der Waals surface area contributed by atoms with E-state index in [2.05, 4.69) is 51.4 Å². The van der Waals surface area contributed by atoms with Crippen LogP contribution in [0.4, 0.5) is 0 Å². The van der Waals surface area contributed by atoms with Gasteiger partial charge in [0.1, 0.15) is 0 Å². The number of rotatable bonds is 6. The largest absolute Gasteiger partial charge is 0.272 e. The number of hydrogen-bond donors (Lipinski definition) is 0. The molecule has 0 amide bonds. The topological polar surface area (TPSA) is 56.5 Å². The predicted molar refractivity (Wildman–Crippen MR) is 111 cm³/mol. The highest BCUT2D eigenvalue weighted by Crippen LogP contribution is 2.25. The van der Waals surface area contributed by atoms with Gasteiger partial charge in [0.2, 0.25) is 0 Å². The zero-order valence-electron chi connectivity index (χ0n) is 16.2. The van der Waals surface area contributed by atoms with Gasteiger partial charge >= 0.3 is 0 Å². The first kappa shape index (κ1) is 18.0. The molecule has 4 rings (SSSR count). The molecule has 0 saturated heterocycles. The lowest BCUT2D eigenvalue weighted by Crippen LogP contribution is -2.00. The molecule has 0 atom stereocenters. The highest BCUT2D eigenvalue weighted by molar-refractivity contribution is 5.70. The second-order valence-electron chi connectivity index (χ2n) is 6.96. The van der Waals surface area contributed by atoms with Crippen molar-refractivity contribution >= 4 is 0 Å². The molecule has 0 aliphatic carbocycles. The first-order chi connectivity index (χ1) is 13.7. The van der Waals surface area contributed by atoms with Gasteiger partial charge in [-0.2, -0.15) is 5.10 Å². The van der Waals surface area contributed by atoms with Gasteiger partial charge in [-0.25, -0.2) is 4.98 Å². The summed E-state index contributed by atoms with van der Waals surface area (Å²) in [5.74, 6) is 0. The molecular weight excluding hydrogens is 346 g/mol. The van der Waals surface area contributed by atoms with Crippen LogP contribution in [0.5, 0.6) is 0 Å². The lowest BCUT2D eigenvalue weighted by molar-refractivity contribution is 0.580. The molecule has 0 aliphatic rings. The van der Waals surface area contributed by atoms with E-state index >= 15 is 0 Å². The van der Waals surface area contributed by atoms with Gasteiger partial charge in [0.05, 0.1) is 22.8 Å². The molecule has 28 heavy (non-hydrogen) atoms. The van der Waals surface area contributed by atoms with Gasteiger partial charge in [-0.1, -0.05) is 24.3 Å². The molecule has 0 unspecified atom stereocenters. The zero-order chi connectivity index (χ0) is 19.3. The van der Waals surface area contributed by atoms with Crippen molar-refractivity contribution in [2.24, 2.45) is 0 Å². The smallest absolute Gasteiger partial charge is 0.0923 e. The fourth-order valence-corrected chi connectivity index (χ4v) is 3.27. The molecule has 0 fully saturated rings. The fourth-order valence-electron chi connectivity index (χ4n) is 3.27. The van der Waals surface area contributed by atoms with Crippen molar-refractivity contribution in [1.29, 1.82) is 0 Å². The summed E-state index contributed by atoms with van der Waals surface area (Å²) in [5.41, 5.74) is 7.17. The Kier molecular flexibility index (Phi) is 5.24. The van der Waals surface area contributed by atoms with Crippen molar-refractivity contribution in [3.63, 3.8) is 0 Å². The lowest BCUT2D eigenvalue weighted by atomic mass is 10.0. The standard InChI is InChI=1S/C23H23N5/c1-17-15-25-18(2)23(26-17)21-9-3-8-20(14-21)22-10-13-28(27-22)12-5-7-19-6-4-11-24-16-19/h3-4,6,8-11,13-16H,5,7,12H2,1-2H3. The number of aryl methyl sites for hydroxylation is 4. The van der Waals surface area contributed by atoms with Crippen molar-refractivity contribution in [1.82, 2.24) is 24.7 Å². The van der Waals surface area contributed by atoms with E-state index in [0.717, 1.165) is 53.3 Å². The van der Waals surface area contributed by atoms with Crippen LogP contribution < -0.4 is 0 Å². The average Bonchev–Trinajstić information content (AvgIpc) is 3.20. The quantitative estimate of drug-likeness (QED) is 0.496. The van der Waals surface area contributed by atoms with E-state index in [1.165, 1.54) is 5.56 Å². The SMILES string of the molecule is Cc1cnc(C)c(-c2cccc(-c3ccn(CCCc4cccnc4)n3)c2)n1. The summed E-state index contributed by atoms with van der Waals surface area (Å²) in [7, 11) is 0. The Balaban J connectivity index is 1.49. The van der Waals surface area contributed by atoms with Gasteiger partial charge in [0.25, 0.3) is 0 Å². The van der Waals surface area contributed by atoms with Gasteiger partial charge in [-0.15, -0.1) is 0 Å². The van der Waals surface area contributed by atoms with Crippen LogP contribution in [-0.2, 0) is 13.0 Å². The molecule has 5 heteroatoms. The summed E-state index contributed by atoms with van der Waals surface area (Å²) < 4.78 is 2.01. The van der Waals surface area contributed by atoms with Crippen LogP contribution in [0.3, 0.4) is 0 Å². The lowest BCUT2D eigenvalue weighted by Gasteiger charge is -2.07. The third-order valence-electron chi connectivity index (χ3n) is 4.72. The van der Waals surface area contributed by atoms with Crippen LogP contribution in [0, 0.1) is 13.8 Å². The maximum absolute atomic E-state index is 4.75. The van der Waals surface area contributed by atoms with Crippen LogP contribution in [0.1, 0.15) is 23.4 Å². The predicted octanol–water partition coefficient (Wildman–Crippen LogP) is 4.65. The molecule has 0 spiro atoms. The second kappa shape index (κ2) is 8.13. The Morgan fingerprint density at radius 3 is 2.71 bits per heavy atom. The van der Waals surface area contributed by atoms with Crippen LogP contribution in [-0.4, -0.2) is 24.7 Å². The van der Waals surface area contributed by atoms with Gasteiger partial charge in [0.15, 0.2) is 0 Å². The molecule has 1 aromatic carbocycles. The summed E-state index contributed by atoms with van der Waals surface area (Å²) in [5, 5.41) is 4.75. The second-order valence-corrected chi connectivity index (χ2v) is 6.96. The number of benzene rings is 1. The van der Waals surface area contributed by atoms with Crippen molar-refractivity contribution in [3.05, 3.63) is 84.2 Å². The minimum absolute atomic E-state index is 0.886. The molecule has 3 aromatic heterocycles. The first-order valence-corrected chi connectivity index (χ1v) is 9.52. The summed E-state index contributed by atoms with van der Waals surface area (Å²) >= 11 is 0. The number of aromatic nitrogens is 5. The summed E-state index contributed by atoms with van der Waals surface area (Å²) in [4.78, 5) is 13.3. The van der Waals surface area contributed by atoms with Gasteiger partial charge < -0.3 is 0 Å². The maximum Gasteiger partial charge on any atom is 0.0923 e. The minimum Gasteiger partial charge on any atom is -0.272 e. The van der Waals surface area contributed by atoms with Crippen molar-refractivity contribution in [2.45, 2.75) is 33.2 Å². The van der Waals surface area contributed by atoms with Crippen LogP contribution in [0.25, 0.3) is 22.5 Å². The van der Waals surface area contributed by atoms with Crippen molar-refractivity contribution in [3.8, 4) is 22.5 Å². The van der Waals surface area contributed by atoms with E-state index in [1.54, 1.807) is 12.4 Å². The van der Waals surface area contributed by atoms with E-state index < -0.39 is 0 Å². The molecule has 0 N–H and O–H groups in total. The van der Waals surface area contributed by atoms with Crippen molar-refractivity contribution in [2.75, 3.05) is 0 Å². The average molecular weight is 369 g/mol. The zero-order valence-corrected chi connectivity index (χ0v) is 16.2. The Morgan fingerprint density at radius 1 is 0.964 bits per heavy atom. The highest BCUT2D eigenvalue weighted by atomic mass is 15.3. The summed E-state index contributed by atoms with van der Waals surface area (Å²) in [6.45, 7) is 4.84. The number of nitrogens with zero attached hydrogens (tertiary/aromatic N) is 5. The Labute approximate surface area is 165 Å². The summed E-state index contributed by atoms with van der Waals surface area (Å²) in [6, 6.07) is 14.5. The van der Waals surface area contributed by atoms with E-state index in [4.69, 9.17) is 5.10 Å². The Hall–Kier alpha value is -3.34. The van der Waals surface area contributed by atoms with Crippen molar-refractivity contribution < 1.29 is 0 Å². The molecular formula is C23H23N5. The highest BCUT2D eigenvalue weighted by Gasteiger charge is 2.09. The fraction of sp³-hybridized carbons (Fsp3) is 0.217. The summed E-state index contributed by atoms with van der Waals surface area (Å²) in [6.07, 6.45) is 9.62. The number of hydrogen-bond acceptors (Lipinski definition) is 4. The maximum atomic E-state index is 4.75. The van der Waals surface area contributed by atoms with Crippen LogP contribution in [0.15, 0.2) is 67.3 Å². The van der Waals surface area contributed by atoms with Crippen LogP contribution in [0.2, 0.25) is 0 Å². The number of pyridine rings is 1. The van der Waals surface area contributed by atoms with Crippen LogP contribution >= 0.6 is 0 Å². The monoisotopic (exact) mass is 369 g/mol. The molecule has 5 nitrogen and oxygen atoms in total. The molecule has 4 aromatic rings. The Morgan fingerprint density at radius 2 is 1.86 bits per heavy atom. The van der Waals surface area contributed by atoms with Gasteiger partial charge in [0, 0.05) is 42.5 Å². The molecule has 0 radical (unpaired) electrons. The minimum atomic E-state index is 0.886. The van der Waals surface area contributed by atoms with E-state index in [0.29, 0.717) is 0 Å². The third-order valence-corrected chi connectivity index (χ3v) is 4.72. The molecule has 0 aliphatic heterocycles. The normalized spacial score (nSPS) is 10.9. The van der Waals surface area contributed by atoms with E-state index in [-0.39, 0.29) is 0 Å². The van der Waals surface area contributed by atoms with Gasteiger partial charge in [-0.3, -0.25) is 14.6 Å². The molecule has 3 heterocycles. The third kappa shape index (κ3) is 4.14. The van der Waals surface area contributed by atoms with Gasteiger partial charge in [-0.05, 0) is 50.5 Å². The molecule has 0 bridgehead atoms.